The molecule has 1 saturated heterocycles. The third kappa shape index (κ3) is 4.53. The van der Waals surface area contributed by atoms with Crippen molar-refractivity contribution in [2.24, 2.45) is 5.92 Å². The fourth-order valence-corrected chi connectivity index (χ4v) is 2.49. The fraction of sp³-hybridized carbons (Fsp3) is 0.562. The van der Waals surface area contributed by atoms with Gasteiger partial charge in [-0.15, -0.1) is 0 Å². The lowest BCUT2D eigenvalue weighted by atomic mass is 9.98. The molecule has 0 spiro atoms. The summed E-state index contributed by atoms with van der Waals surface area (Å²) in [5.41, 5.74) is 0. The van der Waals surface area contributed by atoms with Gasteiger partial charge in [-0.2, -0.15) is 0 Å². The molecule has 0 aliphatic carbocycles. The van der Waals surface area contributed by atoms with E-state index in [2.05, 4.69) is 5.32 Å². The number of para-hydroxylation sites is 1. The summed E-state index contributed by atoms with van der Waals surface area (Å²) in [5, 5.41) is 3.29. The van der Waals surface area contributed by atoms with Crippen LogP contribution in [0.25, 0.3) is 0 Å². The summed E-state index contributed by atoms with van der Waals surface area (Å²) in [6.45, 7) is 3.26. The van der Waals surface area contributed by atoms with Crippen LogP contribution in [0.2, 0.25) is 0 Å². The average molecular weight is 276 g/mol. The highest BCUT2D eigenvalue weighted by atomic mass is 16.5. The molecule has 1 atom stereocenters. The first-order valence-corrected chi connectivity index (χ1v) is 7.41. The minimum absolute atomic E-state index is 0.156. The number of ether oxygens (including phenoxy) is 1. The van der Waals surface area contributed by atoms with Crippen LogP contribution in [0.4, 0.5) is 0 Å². The third-order valence-corrected chi connectivity index (χ3v) is 3.67. The lowest BCUT2D eigenvalue weighted by Crippen LogP contribution is -2.41. The second-order valence-electron chi connectivity index (χ2n) is 5.32. The number of amides is 1. The van der Waals surface area contributed by atoms with Gasteiger partial charge in [-0.25, -0.2) is 0 Å². The monoisotopic (exact) mass is 276 g/mol. The number of hydrogen-bond donors (Lipinski definition) is 1. The normalized spacial score (nSPS) is 18.6. The lowest BCUT2D eigenvalue weighted by Gasteiger charge is -2.27. The summed E-state index contributed by atoms with van der Waals surface area (Å²) in [6, 6.07) is 9.78. The van der Waals surface area contributed by atoms with Crippen LogP contribution in [-0.4, -0.2) is 44.1 Å². The Hall–Kier alpha value is -1.55. The number of nitrogens with zero attached hydrogens (tertiary/aromatic N) is 1. The number of benzene rings is 1. The molecule has 0 bridgehead atoms. The first-order valence-electron chi connectivity index (χ1n) is 7.41. The van der Waals surface area contributed by atoms with Crippen molar-refractivity contribution in [3.63, 3.8) is 0 Å². The van der Waals surface area contributed by atoms with E-state index < -0.39 is 0 Å². The van der Waals surface area contributed by atoms with E-state index in [0.717, 1.165) is 44.6 Å². The van der Waals surface area contributed by atoms with Gasteiger partial charge in [-0.3, -0.25) is 4.79 Å². The number of rotatable bonds is 6. The largest absolute Gasteiger partial charge is 0.494 e. The Balaban J connectivity index is 1.64. The molecule has 0 saturated carbocycles. The molecule has 1 aliphatic rings. The van der Waals surface area contributed by atoms with Crippen LogP contribution in [0.5, 0.6) is 5.75 Å². The number of nitrogens with one attached hydrogen (secondary N) is 1. The van der Waals surface area contributed by atoms with Gasteiger partial charge in [0.1, 0.15) is 5.75 Å². The predicted molar refractivity (Wildman–Crippen MR) is 79.8 cm³/mol. The molecule has 1 fully saturated rings. The van der Waals surface area contributed by atoms with Crippen molar-refractivity contribution in [1.29, 1.82) is 0 Å². The fourth-order valence-electron chi connectivity index (χ4n) is 2.49. The van der Waals surface area contributed by atoms with Gasteiger partial charge in [-0.05, 0) is 37.9 Å². The van der Waals surface area contributed by atoms with E-state index in [1.54, 1.807) is 0 Å². The van der Waals surface area contributed by atoms with Crippen molar-refractivity contribution in [1.82, 2.24) is 10.2 Å². The van der Waals surface area contributed by atoms with Gasteiger partial charge in [0.05, 0.1) is 12.5 Å². The van der Waals surface area contributed by atoms with Crippen LogP contribution < -0.4 is 10.1 Å². The molecule has 1 amide bonds. The summed E-state index contributed by atoms with van der Waals surface area (Å²) < 4.78 is 5.63. The Kier molecular flexibility index (Phi) is 5.87. The maximum Gasteiger partial charge on any atom is 0.226 e. The van der Waals surface area contributed by atoms with E-state index in [-0.39, 0.29) is 11.8 Å². The molecule has 1 aromatic rings. The molecule has 20 heavy (non-hydrogen) atoms. The van der Waals surface area contributed by atoms with Crippen LogP contribution in [0, 0.1) is 5.92 Å². The van der Waals surface area contributed by atoms with Gasteiger partial charge in [0.25, 0.3) is 0 Å². The second kappa shape index (κ2) is 7.90. The molecular formula is C16H24N2O2. The van der Waals surface area contributed by atoms with Gasteiger partial charge >= 0.3 is 0 Å². The van der Waals surface area contributed by atoms with Crippen molar-refractivity contribution in [3.8, 4) is 5.75 Å². The van der Waals surface area contributed by atoms with Crippen molar-refractivity contribution >= 4 is 5.91 Å². The second-order valence-corrected chi connectivity index (χ2v) is 5.32. The van der Waals surface area contributed by atoms with E-state index in [1.165, 1.54) is 0 Å². The molecule has 4 heteroatoms. The molecule has 1 N–H and O–H groups in total. The molecular weight excluding hydrogens is 252 g/mol. The standard InChI is InChI=1S/C16H24N2O2/c1-18(16(19)14-7-5-10-17-13-14)11-6-12-20-15-8-3-2-4-9-15/h2-4,8-9,14,17H,5-7,10-13H2,1H3/t14-/m0/s1. The first kappa shape index (κ1) is 14.9. The highest BCUT2D eigenvalue weighted by molar-refractivity contribution is 5.78. The molecule has 1 heterocycles. The van der Waals surface area contributed by atoms with Crippen LogP contribution >= 0.6 is 0 Å². The predicted octanol–water partition coefficient (Wildman–Crippen LogP) is 1.91. The molecule has 0 aromatic heterocycles. The van der Waals surface area contributed by atoms with Crippen LogP contribution in [-0.2, 0) is 4.79 Å². The van der Waals surface area contributed by atoms with Gasteiger partial charge in [0.2, 0.25) is 5.91 Å². The Morgan fingerprint density at radius 1 is 1.40 bits per heavy atom. The van der Waals surface area contributed by atoms with Crippen LogP contribution in [0.15, 0.2) is 30.3 Å². The minimum Gasteiger partial charge on any atom is -0.494 e. The summed E-state index contributed by atoms with van der Waals surface area (Å²) in [7, 11) is 1.89. The summed E-state index contributed by atoms with van der Waals surface area (Å²) in [4.78, 5) is 14.0. The van der Waals surface area contributed by atoms with Crippen LogP contribution in [0.3, 0.4) is 0 Å². The molecule has 0 radical (unpaired) electrons. The zero-order valence-corrected chi connectivity index (χ0v) is 12.2. The SMILES string of the molecule is CN(CCCOc1ccccc1)C(=O)[C@H]1CCCNC1. The first-order chi connectivity index (χ1) is 9.77. The van der Waals surface area contributed by atoms with Crippen molar-refractivity contribution in [3.05, 3.63) is 30.3 Å². The van der Waals surface area contributed by atoms with Gasteiger partial charge < -0.3 is 15.0 Å². The van der Waals surface area contributed by atoms with Gasteiger partial charge in [0, 0.05) is 20.1 Å². The van der Waals surface area contributed by atoms with E-state index >= 15 is 0 Å². The quantitative estimate of drug-likeness (QED) is 0.807. The number of piperidine rings is 1. The zero-order chi connectivity index (χ0) is 14.2. The Labute approximate surface area is 121 Å². The number of hydrogen-bond acceptors (Lipinski definition) is 3. The summed E-state index contributed by atoms with van der Waals surface area (Å²) >= 11 is 0. The van der Waals surface area contributed by atoms with Crippen molar-refractivity contribution in [2.75, 3.05) is 33.3 Å². The Morgan fingerprint density at radius 2 is 2.20 bits per heavy atom. The lowest BCUT2D eigenvalue weighted by molar-refractivity contribution is -0.134. The molecule has 1 aliphatic heterocycles. The van der Waals surface area contributed by atoms with E-state index in [9.17, 15) is 4.79 Å². The maximum absolute atomic E-state index is 12.2. The summed E-state index contributed by atoms with van der Waals surface area (Å²) in [6.07, 6.45) is 2.97. The minimum atomic E-state index is 0.156. The summed E-state index contributed by atoms with van der Waals surface area (Å²) in [5.74, 6) is 1.30. The van der Waals surface area contributed by atoms with Crippen LogP contribution in [0.1, 0.15) is 19.3 Å². The smallest absolute Gasteiger partial charge is 0.226 e. The highest BCUT2D eigenvalue weighted by Crippen LogP contribution is 2.13. The third-order valence-electron chi connectivity index (χ3n) is 3.67. The van der Waals surface area contributed by atoms with Gasteiger partial charge in [-0.1, -0.05) is 18.2 Å². The average Bonchev–Trinajstić information content (AvgIpc) is 2.52. The van der Waals surface area contributed by atoms with E-state index in [0.29, 0.717) is 6.61 Å². The zero-order valence-electron chi connectivity index (χ0n) is 12.2. The topological polar surface area (TPSA) is 41.6 Å². The Morgan fingerprint density at radius 3 is 2.90 bits per heavy atom. The van der Waals surface area contributed by atoms with E-state index in [1.807, 2.05) is 42.3 Å². The van der Waals surface area contributed by atoms with Crippen molar-refractivity contribution in [2.45, 2.75) is 19.3 Å². The van der Waals surface area contributed by atoms with Crippen molar-refractivity contribution < 1.29 is 9.53 Å². The molecule has 110 valence electrons. The maximum atomic E-state index is 12.2. The molecule has 0 unspecified atom stereocenters. The van der Waals surface area contributed by atoms with Gasteiger partial charge in [0.15, 0.2) is 0 Å². The van der Waals surface area contributed by atoms with E-state index in [4.69, 9.17) is 4.74 Å². The highest BCUT2D eigenvalue weighted by Gasteiger charge is 2.23. The molecule has 2 rings (SSSR count). The number of carbonyl (C=O) groups excluding carboxylic acids is 1. The molecule has 4 nitrogen and oxygen atoms in total. The molecule has 1 aromatic carbocycles. The number of carbonyl (C=O) groups is 1. The Bertz CT molecular complexity index is 402.